The lowest BCUT2D eigenvalue weighted by molar-refractivity contribution is -0.116. The van der Waals surface area contributed by atoms with Gasteiger partial charge in [0.25, 0.3) is 5.91 Å². The van der Waals surface area contributed by atoms with Gasteiger partial charge in [0.2, 0.25) is 5.91 Å². The first-order chi connectivity index (χ1) is 13.3. The van der Waals surface area contributed by atoms with E-state index in [-0.39, 0.29) is 35.6 Å². The van der Waals surface area contributed by atoms with E-state index in [2.05, 4.69) is 29.5 Å². The Morgan fingerprint density at radius 3 is 2.39 bits per heavy atom. The van der Waals surface area contributed by atoms with Crippen molar-refractivity contribution in [2.24, 2.45) is 11.1 Å². The van der Waals surface area contributed by atoms with E-state index in [0.29, 0.717) is 22.9 Å². The van der Waals surface area contributed by atoms with E-state index in [1.807, 2.05) is 24.3 Å². The monoisotopic (exact) mass is 400 g/mol. The molecule has 1 aliphatic carbocycles. The maximum absolute atomic E-state index is 12.3. The fourth-order valence-electron chi connectivity index (χ4n) is 3.66. The first-order valence-corrected chi connectivity index (χ1v) is 9.65. The summed E-state index contributed by atoms with van der Waals surface area (Å²) < 4.78 is 0. The molecule has 6 nitrogen and oxygen atoms in total. The summed E-state index contributed by atoms with van der Waals surface area (Å²) >= 11 is 5.76. The lowest BCUT2D eigenvalue weighted by Crippen LogP contribution is -2.28. The molecule has 0 radical (unpaired) electrons. The maximum atomic E-state index is 12.3. The third kappa shape index (κ3) is 4.18. The van der Waals surface area contributed by atoms with E-state index in [4.69, 9.17) is 17.3 Å². The number of aromatic nitrogens is 1. The smallest absolute Gasteiger partial charge is 0.251 e. The number of carbonyl (C=O) groups is 2. The second kappa shape index (κ2) is 7.89. The second-order valence-electron chi connectivity index (χ2n) is 7.84. The molecule has 1 unspecified atom stereocenters. The van der Waals surface area contributed by atoms with Crippen LogP contribution in [0.1, 0.15) is 42.6 Å². The van der Waals surface area contributed by atoms with Crippen molar-refractivity contribution >= 4 is 29.2 Å². The Hall–Kier alpha value is -2.44. The van der Waals surface area contributed by atoms with Gasteiger partial charge in [-0.1, -0.05) is 37.6 Å². The van der Waals surface area contributed by atoms with E-state index in [1.165, 1.54) is 11.8 Å². The summed E-state index contributed by atoms with van der Waals surface area (Å²) in [7, 11) is 0. The quantitative estimate of drug-likeness (QED) is 0.665. The Balaban J connectivity index is 1.48. The molecule has 4 N–H and O–H groups in total. The van der Waals surface area contributed by atoms with Crippen molar-refractivity contribution in [2.75, 3.05) is 18.4 Å². The Morgan fingerprint density at radius 2 is 1.86 bits per heavy atom. The van der Waals surface area contributed by atoms with E-state index < -0.39 is 0 Å². The normalized spacial score (nSPS) is 19.7. The molecule has 0 aliphatic heterocycles. The molecule has 1 fully saturated rings. The van der Waals surface area contributed by atoms with Gasteiger partial charge in [0, 0.05) is 36.7 Å². The van der Waals surface area contributed by atoms with Crippen LogP contribution in [0, 0.1) is 5.41 Å². The number of hydrogen-bond acceptors (Lipinski definition) is 4. The Morgan fingerprint density at radius 1 is 1.18 bits per heavy atom. The Kier molecular flexibility index (Phi) is 5.72. The van der Waals surface area contributed by atoms with Crippen LogP contribution in [0.15, 0.2) is 42.6 Å². The van der Waals surface area contributed by atoms with Crippen LogP contribution in [0.25, 0.3) is 0 Å². The molecular formula is C21H25ClN4O2. The number of nitrogens with two attached hydrogens (primary N) is 1. The van der Waals surface area contributed by atoms with Gasteiger partial charge >= 0.3 is 0 Å². The van der Waals surface area contributed by atoms with Crippen LogP contribution in [0.2, 0.25) is 5.02 Å². The van der Waals surface area contributed by atoms with Gasteiger partial charge in [0.05, 0.1) is 5.02 Å². The molecule has 2 amide bonds. The van der Waals surface area contributed by atoms with Gasteiger partial charge < -0.3 is 16.4 Å². The molecular weight excluding hydrogens is 376 g/mol. The number of anilines is 1. The van der Waals surface area contributed by atoms with Gasteiger partial charge in [-0.15, -0.1) is 0 Å². The Bertz CT molecular complexity index is 865. The van der Waals surface area contributed by atoms with Crippen molar-refractivity contribution in [1.29, 1.82) is 0 Å². The van der Waals surface area contributed by atoms with Crippen molar-refractivity contribution in [3.8, 4) is 0 Å². The van der Waals surface area contributed by atoms with Crippen molar-refractivity contribution < 1.29 is 9.59 Å². The van der Waals surface area contributed by atoms with Crippen LogP contribution in [0.3, 0.4) is 0 Å². The summed E-state index contributed by atoms with van der Waals surface area (Å²) in [5.74, 6) is -0.0136. The van der Waals surface area contributed by atoms with E-state index >= 15 is 0 Å². The number of nitrogens with zero attached hydrogens (tertiary/aromatic N) is 1. The number of amides is 2. The molecule has 1 aromatic heterocycles. The average molecular weight is 401 g/mol. The van der Waals surface area contributed by atoms with Crippen molar-refractivity contribution in [1.82, 2.24) is 10.3 Å². The molecule has 0 bridgehead atoms. The summed E-state index contributed by atoms with van der Waals surface area (Å²) in [6.07, 6.45) is 2.67. The highest BCUT2D eigenvalue weighted by Crippen LogP contribution is 2.63. The summed E-state index contributed by atoms with van der Waals surface area (Å²) in [5, 5.41) is 5.92. The predicted molar refractivity (Wildman–Crippen MR) is 110 cm³/mol. The zero-order valence-corrected chi connectivity index (χ0v) is 16.8. The van der Waals surface area contributed by atoms with Crippen LogP contribution >= 0.6 is 11.6 Å². The molecule has 1 atom stereocenters. The number of rotatable bonds is 7. The molecule has 148 valence electrons. The molecule has 1 heterocycles. The molecule has 7 heteroatoms. The minimum atomic E-state index is -0.230. The minimum Gasteiger partial charge on any atom is -0.352 e. The fraction of sp³-hybridized carbons (Fsp3) is 0.381. The molecule has 1 saturated carbocycles. The molecule has 2 aromatic rings. The first kappa shape index (κ1) is 20.3. The Labute approximate surface area is 169 Å². The third-order valence-corrected chi connectivity index (χ3v) is 5.82. The minimum absolute atomic E-state index is 0.00972. The summed E-state index contributed by atoms with van der Waals surface area (Å²) in [6, 6.07) is 10.9. The second-order valence-corrected chi connectivity index (χ2v) is 8.28. The number of carbonyl (C=O) groups excluding carboxylic acids is 2. The largest absolute Gasteiger partial charge is 0.352 e. The highest BCUT2D eigenvalue weighted by Gasteiger charge is 2.60. The number of pyridine rings is 1. The summed E-state index contributed by atoms with van der Waals surface area (Å²) in [4.78, 5) is 28.2. The third-order valence-electron chi connectivity index (χ3n) is 5.59. The molecule has 3 rings (SSSR count). The number of halogens is 1. The topological polar surface area (TPSA) is 97.1 Å². The first-order valence-electron chi connectivity index (χ1n) is 9.28. The van der Waals surface area contributed by atoms with Gasteiger partial charge in [-0.25, -0.2) is 4.98 Å². The molecule has 1 aliphatic rings. The van der Waals surface area contributed by atoms with Gasteiger partial charge in [0.1, 0.15) is 5.82 Å². The lowest BCUT2D eigenvalue weighted by Gasteiger charge is -2.19. The van der Waals surface area contributed by atoms with Crippen LogP contribution in [0.5, 0.6) is 0 Å². The van der Waals surface area contributed by atoms with Gasteiger partial charge in [-0.2, -0.15) is 0 Å². The molecule has 1 aromatic carbocycles. The van der Waals surface area contributed by atoms with E-state index in [0.717, 1.165) is 6.42 Å². The molecule has 28 heavy (non-hydrogen) atoms. The summed E-state index contributed by atoms with van der Waals surface area (Å²) in [5.41, 5.74) is 7.94. The number of hydrogen-bond donors (Lipinski definition) is 3. The van der Waals surface area contributed by atoms with Crippen molar-refractivity contribution in [2.45, 2.75) is 32.1 Å². The maximum Gasteiger partial charge on any atom is 0.251 e. The van der Waals surface area contributed by atoms with Crippen molar-refractivity contribution in [3.63, 3.8) is 0 Å². The van der Waals surface area contributed by atoms with Gasteiger partial charge in [-0.3, -0.25) is 9.59 Å². The molecule has 0 spiro atoms. The highest BCUT2D eigenvalue weighted by molar-refractivity contribution is 6.30. The fourth-order valence-corrected chi connectivity index (χ4v) is 3.77. The van der Waals surface area contributed by atoms with Gasteiger partial charge in [0.15, 0.2) is 0 Å². The van der Waals surface area contributed by atoms with Crippen LogP contribution < -0.4 is 16.4 Å². The highest BCUT2D eigenvalue weighted by atomic mass is 35.5. The predicted octanol–water partition coefficient (Wildman–Crippen LogP) is 3.12. The van der Waals surface area contributed by atoms with E-state index in [1.54, 1.807) is 12.1 Å². The summed E-state index contributed by atoms with van der Waals surface area (Å²) in [6.45, 7) is 5.26. The standard InChI is InChI=1S/C21H25ClN4O2/c1-20(2)12-21(20,13-23)15-5-3-14(4-6-15)19(28)24-10-9-18(27)26-17-8-7-16(22)11-25-17/h3-8,11H,9-10,12-13,23H2,1-2H3,(H,24,28)(H,25,26,27). The van der Waals surface area contributed by atoms with Crippen LogP contribution in [-0.4, -0.2) is 29.9 Å². The zero-order chi connectivity index (χ0) is 20.4. The van der Waals surface area contributed by atoms with Gasteiger partial charge in [-0.05, 0) is 41.7 Å². The zero-order valence-electron chi connectivity index (χ0n) is 16.1. The number of benzene rings is 1. The van der Waals surface area contributed by atoms with Crippen LogP contribution in [-0.2, 0) is 10.2 Å². The molecule has 0 saturated heterocycles. The SMILES string of the molecule is CC1(C)CC1(CN)c1ccc(C(=O)NCCC(=O)Nc2ccc(Cl)cn2)cc1. The van der Waals surface area contributed by atoms with Crippen molar-refractivity contribution in [3.05, 3.63) is 58.7 Å². The average Bonchev–Trinajstić information content (AvgIpc) is 3.26. The lowest BCUT2D eigenvalue weighted by atomic mass is 9.87. The van der Waals surface area contributed by atoms with E-state index in [9.17, 15) is 9.59 Å². The number of nitrogens with one attached hydrogen (secondary N) is 2. The van der Waals surface area contributed by atoms with Crippen LogP contribution in [0.4, 0.5) is 5.82 Å².